The zero-order chi connectivity index (χ0) is 15.9. The van der Waals surface area contributed by atoms with Gasteiger partial charge in [-0.3, -0.25) is 4.90 Å². The Bertz CT molecular complexity index is 750. The standard InChI is InChI=1S/C16H13ClFNO3/c1-19(16(20)21)14-7-9-6-10(18)8-12(15(9)22-14)11-4-2-3-5-13(11)17/h2-6,8,14H,7H2,1H3,(H,20,21). The van der Waals surface area contributed by atoms with Gasteiger partial charge in [0.15, 0.2) is 6.23 Å². The van der Waals surface area contributed by atoms with E-state index in [4.69, 9.17) is 21.4 Å². The molecule has 1 aliphatic rings. The fourth-order valence-electron chi connectivity index (χ4n) is 2.53. The molecule has 0 radical (unpaired) electrons. The molecule has 0 aromatic heterocycles. The average Bonchev–Trinajstić information content (AvgIpc) is 2.89. The van der Waals surface area contributed by atoms with E-state index in [-0.39, 0.29) is 0 Å². The van der Waals surface area contributed by atoms with Gasteiger partial charge < -0.3 is 9.84 Å². The van der Waals surface area contributed by atoms with Crippen molar-refractivity contribution in [2.45, 2.75) is 12.6 Å². The second kappa shape index (κ2) is 5.50. The van der Waals surface area contributed by atoms with Crippen LogP contribution in [0.3, 0.4) is 0 Å². The summed E-state index contributed by atoms with van der Waals surface area (Å²) in [6.45, 7) is 0. The second-order valence-corrected chi connectivity index (χ2v) is 5.50. The number of halogens is 2. The molecule has 0 saturated carbocycles. The Morgan fingerprint density at radius 2 is 2.09 bits per heavy atom. The van der Waals surface area contributed by atoms with Crippen LogP contribution in [0.2, 0.25) is 5.02 Å². The van der Waals surface area contributed by atoms with Gasteiger partial charge in [-0.1, -0.05) is 29.8 Å². The first kappa shape index (κ1) is 14.7. The molecule has 0 aliphatic carbocycles. The number of rotatable bonds is 2. The first-order chi connectivity index (χ1) is 10.5. The van der Waals surface area contributed by atoms with Crippen LogP contribution in [0.15, 0.2) is 36.4 Å². The average molecular weight is 322 g/mol. The molecule has 1 amide bonds. The highest BCUT2D eigenvalue weighted by molar-refractivity contribution is 6.33. The minimum Gasteiger partial charge on any atom is -0.469 e. The minimum absolute atomic E-state index is 0.299. The Hall–Kier alpha value is -2.27. The van der Waals surface area contributed by atoms with Crippen molar-refractivity contribution in [1.82, 2.24) is 4.90 Å². The van der Waals surface area contributed by atoms with Crippen LogP contribution in [0, 0.1) is 5.82 Å². The van der Waals surface area contributed by atoms with Gasteiger partial charge >= 0.3 is 6.09 Å². The van der Waals surface area contributed by atoms with Gasteiger partial charge in [0, 0.05) is 35.2 Å². The van der Waals surface area contributed by atoms with Gasteiger partial charge in [-0.15, -0.1) is 0 Å². The molecule has 0 spiro atoms. The van der Waals surface area contributed by atoms with E-state index in [0.717, 1.165) is 4.90 Å². The van der Waals surface area contributed by atoms with Gasteiger partial charge in [0.05, 0.1) is 0 Å². The van der Waals surface area contributed by atoms with Crippen LogP contribution in [-0.2, 0) is 6.42 Å². The van der Waals surface area contributed by atoms with E-state index in [1.165, 1.54) is 19.2 Å². The van der Waals surface area contributed by atoms with Crippen LogP contribution in [0.25, 0.3) is 11.1 Å². The molecule has 0 saturated heterocycles. The zero-order valence-electron chi connectivity index (χ0n) is 11.7. The lowest BCUT2D eigenvalue weighted by molar-refractivity contribution is 0.0610. The number of hydrogen-bond acceptors (Lipinski definition) is 2. The van der Waals surface area contributed by atoms with E-state index in [2.05, 4.69) is 0 Å². The lowest BCUT2D eigenvalue weighted by Crippen LogP contribution is -2.38. The summed E-state index contributed by atoms with van der Waals surface area (Å²) >= 11 is 6.18. The molecule has 0 bridgehead atoms. The molecule has 3 rings (SSSR count). The van der Waals surface area contributed by atoms with Crippen LogP contribution >= 0.6 is 11.6 Å². The normalized spacial score (nSPS) is 16.0. The van der Waals surface area contributed by atoms with E-state index in [1.807, 2.05) is 0 Å². The van der Waals surface area contributed by atoms with Crippen molar-refractivity contribution >= 4 is 17.7 Å². The first-order valence-corrected chi connectivity index (χ1v) is 7.05. The highest BCUT2D eigenvalue weighted by Gasteiger charge is 2.32. The third kappa shape index (κ3) is 2.48. The van der Waals surface area contributed by atoms with Crippen molar-refractivity contribution in [2.24, 2.45) is 0 Å². The van der Waals surface area contributed by atoms with Gasteiger partial charge in [-0.2, -0.15) is 0 Å². The number of carboxylic acid groups (broad SMARTS) is 1. The van der Waals surface area contributed by atoms with E-state index in [0.29, 0.717) is 33.9 Å². The van der Waals surface area contributed by atoms with Crippen molar-refractivity contribution in [1.29, 1.82) is 0 Å². The maximum absolute atomic E-state index is 13.9. The Labute approximate surface area is 131 Å². The summed E-state index contributed by atoms with van der Waals surface area (Å²) in [4.78, 5) is 12.1. The van der Waals surface area contributed by atoms with Crippen molar-refractivity contribution < 1.29 is 19.0 Å². The topological polar surface area (TPSA) is 49.8 Å². The molecule has 22 heavy (non-hydrogen) atoms. The number of ether oxygens (including phenoxy) is 1. The molecule has 1 aliphatic heterocycles. The van der Waals surface area contributed by atoms with Gasteiger partial charge in [-0.05, 0) is 18.2 Å². The minimum atomic E-state index is -1.10. The Balaban J connectivity index is 2.07. The maximum atomic E-state index is 13.9. The molecule has 1 heterocycles. The third-order valence-electron chi connectivity index (χ3n) is 3.68. The van der Waals surface area contributed by atoms with E-state index in [9.17, 15) is 9.18 Å². The van der Waals surface area contributed by atoms with Gasteiger partial charge in [0.2, 0.25) is 0 Å². The van der Waals surface area contributed by atoms with Crippen LogP contribution in [0.4, 0.5) is 9.18 Å². The number of nitrogens with zero attached hydrogens (tertiary/aromatic N) is 1. The number of likely N-dealkylation sites (N-methyl/N-ethyl adjacent to an activating group) is 1. The number of amides is 1. The molecule has 1 unspecified atom stereocenters. The molecule has 2 aromatic carbocycles. The number of fused-ring (bicyclic) bond motifs is 1. The predicted molar refractivity (Wildman–Crippen MR) is 80.8 cm³/mol. The smallest absolute Gasteiger partial charge is 0.409 e. The molecule has 2 aromatic rings. The summed E-state index contributed by atoms with van der Waals surface area (Å²) in [5, 5.41) is 9.54. The lowest BCUT2D eigenvalue weighted by atomic mass is 10.0. The Kier molecular flexibility index (Phi) is 3.66. The fourth-order valence-corrected chi connectivity index (χ4v) is 2.76. The fraction of sp³-hybridized carbons (Fsp3) is 0.188. The Morgan fingerprint density at radius 3 is 2.77 bits per heavy atom. The summed E-state index contributed by atoms with van der Waals surface area (Å²) in [7, 11) is 1.42. The summed E-state index contributed by atoms with van der Waals surface area (Å²) < 4.78 is 19.6. The monoisotopic (exact) mass is 321 g/mol. The van der Waals surface area contributed by atoms with E-state index >= 15 is 0 Å². The first-order valence-electron chi connectivity index (χ1n) is 6.67. The quantitative estimate of drug-likeness (QED) is 0.909. The van der Waals surface area contributed by atoms with Crippen molar-refractivity contribution in [3.05, 3.63) is 52.8 Å². The molecular weight excluding hydrogens is 309 g/mol. The summed E-state index contributed by atoms with van der Waals surface area (Å²) in [5.74, 6) is 0.0727. The van der Waals surface area contributed by atoms with Crippen LogP contribution in [-0.4, -0.2) is 29.4 Å². The van der Waals surface area contributed by atoms with Gasteiger partial charge in [0.25, 0.3) is 0 Å². The van der Waals surface area contributed by atoms with E-state index in [1.54, 1.807) is 24.3 Å². The third-order valence-corrected chi connectivity index (χ3v) is 4.01. The zero-order valence-corrected chi connectivity index (χ0v) is 12.5. The molecular formula is C16H13ClFNO3. The molecule has 4 nitrogen and oxygen atoms in total. The van der Waals surface area contributed by atoms with Crippen LogP contribution in [0.5, 0.6) is 5.75 Å². The maximum Gasteiger partial charge on any atom is 0.409 e. The number of benzene rings is 2. The SMILES string of the molecule is CN(C(=O)O)C1Cc2cc(F)cc(-c3ccccc3Cl)c2O1. The van der Waals surface area contributed by atoms with Crippen LogP contribution < -0.4 is 4.74 Å². The summed E-state index contributed by atoms with van der Waals surface area (Å²) in [6.07, 6.45) is -1.47. The van der Waals surface area contributed by atoms with Crippen molar-refractivity contribution in [3.63, 3.8) is 0 Å². The van der Waals surface area contributed by atoms with Crippen molar-refractivity contribution in [3.8, 4) is 16.9 Å². The molecule has 1 N–H and O–H groups in total. The summed E-state index contributed by atoms with van der Waals surface area (Å²) in [6, 6.07) is 9.79. The molecule has 6 heteroatoms. The van der Waals surface area contributed by atoms with E-state index < -0.39 is 18.1 Å². The lowest BCUT2D eigenvalue weighted by Gasteiger charge is -2.21. The van der Waals surface area contributed by atoms with Crippen LogP contribution in [0.1, 0.15) is 5.56 Å². The number of hydrogen-bond donors (Lipinski definition) is 1. The molecule has 1 atom stereocenters. The largest absolute Gasteiger partial charge is 0.469 e. The Morgan fingerprint density at radius 1 is 1.36 bits per heavy atom. The summed E-state index contributed by atoms with van der Waals surface area (Å²) in [5.41, 5.74) is 1.81. The highest BCUT2D eigenvalue weighted by atomic mass is 35.5. The highest BCUT2D eigenvalue weighted by Crippen LogP contribution is 2.42. The second-order valence-electron chi connectivity index (χ2n) is 5.09. The van der Waals surface area contributed by atoms with Crippen molar-refractivity contribution in [2.75, 3.05) is 7.05 Å². The van der Waals surface area contributed by atoms with Gasteiger partial charge in [-0.25, -0.2) is 9.18 Å². The molecule has 114 valence electrons. The molecule has 0 fully saturated rings. The number of carbonyl (C=O) groups is 1. The van der Waals surface area contributed by atoms with Gasteiger partial charge in [0.1, 0.15) is 11.6 Å². The predicted octanol–water partition coefficient (Wildman–Crippen LogP) is 4.02.